The molecule has 0 spiro atoms. The first kappa shape index (κ1) is 30.0. The second-order valence-electron chi connectivity index (χ2n) is 12.8. The first-order chi connectivity index (χ1) is 22.4. The van der Waals surface area contributed by atoms with Crippen molar-refractivity contribution < 1.29 is 27.7 Å². The summed E-state index contributed by atoms with van der Waals surface area (Å²) in [5.74, 6) is 0.517. The highest BCUT2D eigenvalue weighted by Crippen LogP contribution is 2.44. The van der Waals surface area contributed by atoms with E-state index in [1.165, 1.54) is 0 Å². The fourth-order valence-electron chi connectivity index (χ4n) is 7.89. The van der Waals surface area contributed by atoms with Gasteiger partial charge >= 0.3 is 6.01 Å². The van der Waals surface area contributed by atoms with E-state index in [-0.39, 0.29) is 36.7 Å². The van der Waals surface area contributed by atoms with E-state index in [4.69, 9.17) is 45.5 Å². The molecule has 9 nitrogen and oxygen atoms in total. The SMILES string of the molecule is COCOc1cc(-c2nc3c4c(nc(OC[C@@]56CCCN5C[C@H](F)C6)nc4c2F)N2CCCOC[C@@H]2CC3)c2c(Cl)cccc2c1. The number of aryl methyl sites for hydroxylation is 1. The Morgan fingerprint density at radius 2 is 2.02 bits per heavy atom. The summed E-state index contributed by atoms with van der Waals surface area (Å²) in [6.07, 6.45) is 3.54. The van der Waals surface area contributed by atoms with Crippen molar-refractivity contribution in [3.8, 4) is 23.0 Å². The normalized spacial score (nSPS) is 24.6. The first-order valence-corrected chi connectivity index (χ1v) is 16.4. The molecule has 4 aliphatic rings. The van der Waals surface area contributed by atoms with Gasteiger partial charge in [-0.1, -0.05) is 23.7 Å². The Morgan fingerprint density at radius 3 is 2.91 bits per heavy atom. The molecular formula is C34H36ClF2N5O4. The topological polar surface area (TPSA) is 82.1 Å². The number of pyridine rings is 1. The zero-order valence-electron chi connectivity index (χ0n) is 25.7. The molecule has 4 aliphatic heterocycles. The number of hydrogen-bond donors (Lipinski definition) is 0. The van der Waals surface area contributed by atoms with Crippen molar-refractivity contribution in [3.05, 3.63) is 46.9 Å². The number of ether oxygens (including phenoxy) is 4. The van der Waals surface area contributed by atoms with Crippen molar-refractivity contribution in [1.29, 1.82) is 0 Å². The third kappa shape index (κ3) is 5.12. The molecule has 0 saturated carbocycles. The lowest BCUT2D eigenvalue weighted by Crippen LogP contribution is -2.43. The van der Waals surface area contributed by atoms with Crippen LogP contribution >= 0.6 is 11.6 Å². The molecule has 46 heavy (non-hydrogen) atoms. The summed E-state index contributed by atoms with van der Waals surface area (Å²) in [4.78, 5) is 19.0. The number of halogens is 3. The number of methoxy groups -OCH3 is 1. The molecule has 4 aromatic rings. The third-order valence-electron chi connectivity index (χ3n) is 9.97. The van der Waals surface area contributed by atoms with Crippen LogP contribution in [0, 0.1) is 5.82 Å². The van der Waals surface area contributed by atoms with Crippen molar-refractivity contribution in [2.45, 2.75) is 56.3 Å². The van der Waals surface area contributed by atoms with Crippen molar-refractivity contribution in [3.63, 3.8) is 0 Å². The molecule has 3 fully saturated rings. The molecule has 0 N–H and O–H groups in total. The van der Waals surface area contributed by atoms with E-state index in [1.807, 2.05) is 18.2 Å². The lowest BCUT2D eigenvalue weighted by atomic mass is 9.95. The Balaban J connectivity index is 1.31. The Labute approximate surface area is 270 Å². The molecular weight excluding hydrogens is 616 g/mol. The molecule has 0 unspecified atom stereocenters. The second-order valence-corrected chi connectivity index (χ2v) is 13.2. The number of nitrogens with zero attached hydrogens (tertiary/aromatic N) is 5. The summed E-state index contributed by atoms with van der Waals surface area (Å²) < 4.78 is 54.9. The average molecular weight is 652 g/mol. The largest absolute Gasteiger partial charge is 0.468 e. The molecule has 12 heteroatoms. The predicted molar refractivity (Wildman–Crippen MR) is 171 cm³/mol. The highest BCUT2D eigenvalue weighted by molar-refractivity contribution is 6.36. The van der Waals surface area contributed by atoms with E-state index in [9.17, 15) is 4.39 Å². The molecule has 2 aromatic carbocycles. The van der Waals surface area contributed by atoms with Crippen LogP contribution < -0.4 is 14.4 Å². The van der Waals surface area contributed by atoms with Gasteiger partial charge in [0, 0.05) is 49.2 Å². The van der Waals surface area contributed by atoms with Gasteiger partial charge in [-0.15, -0.1) is 0 Å². The third-order valence-corrected chi connectivity index (χ3v) is 10.3. The Kier molecular flexibility index (Phi) is 7.83. The fourth-order valence-corrected chi connectivity index (χ4v) is 8.17. The quantitative estimate of drug-likeness (QED) is 0.220. The van der Waals surface area contributed by atoms with E-state index in [2.05, 4.69) is 9.80 Å². The minimum absolute atomic E-state index is 0.0308. The minimum Gasteiger partial charge on any atom is -0.468 e. The van der Waals surface area contributed by atoms with Crippen LogP contribution in [-0.2, 0) is 15.9 Å². The van der Waals surface area contributed by atoms with E-state index >= 15 is 4.39 Å². The zero-order chi connectivity index (χ0) is 31.4. The molecule has 2 aromatic heterocycles. The second kappa shape index (κ2) is 12.0. The van der Waals surface area contributed by atoms with Gasteiger partial charge in [0.25, 0.3) is 0 Å². The first-order valence-electron chi connectivity index (χ1n) is 16.0. The van der Waals surface area contributed by atoms with Crippen LogP contribution in [0.2, 0.25) is 5.02 Å². The number of alkyl halides is 1. The van der Waals surface area contributed by atoms with Crippen LogP contribution in [0.3, 0.4) is 0 Å². The number of rotatable bonds is 7. The van der Waals surface area contributed by atoms with Crippen molar-refractivity contribution in [2.24, 2.45) is 0 Å². The maximum Gasteiger partial charge on any atom is 0.319 e. The average Bonchev–Trinajstić information content (AvgIpc) is 3.40. The van der Waals surface area contributed by atoms with Crippen LogP contribution in [0.4, 0.5) is 14.6 Å². The molecule has 3 saturated heterocycles. The number of fused-ring (bicyclic) bond motifs is 4. The number of benzene rings is 2. The number of aromatic nitrogens is 3. The summed E-state index contributed by atoms with van der Waals surface area (Å²) in [7, 11) is 1.54. The van der Waals surface area contributed by atoms with Gasteiger partial charge in [0.15, 0.2) is 12.6 Å². The van der Waals surface area contributed by atoms with E-state index in [0.29, 0.717) is 77.8 Å². The smallest absolute Gasteiger partial charge is 0.319 e. The summed E-state index contributed by atoms with van der Waals surface area (Å²) in [5.41, 5.74) is 1.08. The van der Waals surface area contributed by atoms with Crippen LogP contribution in [0.25, 0.3) is 32.9 Å². The standard InChI is InChI=1S/C34H36ClF2N5O4/c1-43-19-46-23-13-20-5-2-6-25(35)27(20)24(14-23)30-29(37)31-28-26(38-30)8-7-22-17-44-12-4-11-42(22)32(28)40-33(39-31)45-18-34-9-3-10-41(34)16-21(36)15-34/h2,5-6,13-14,21-22H,3-4,7-12,15-19H2,1H3/t21-,22+,34+/m1/s1. The summed E-state index contributed by atoms with van der Waals surface area (Å²) in [6.45, 7) is 3.44. The highest BCUT2D eigenvalue weighted by Gasteiger charge is 2.49. The molecule has 0 aliphatic carbocycles. The minimum atomic E-state index is -0.886. The van der Waals surface area contributed by atoms with Gasteiger partial charge in [0.1, 0.15) is 35.6 Å². The van der Waals surface area contributed by atoms with Gasteiger partial charge < -0.3 is 23.8 Å². The Bertz CT molecular complexity index is 1810. The maximum absolute atomic E-state index is 17.1. The van der Waals surface area contributed by atoms with E-state index in [1.54, 1.807) is 19.2 Å². The lowest BCUT2D eigenvalue weighted by molar-refractivity contribution is 0.0512. The molecule has 0 bridgehead atoms. The van der Waals surface area contributed by atoms with Crippen LogP contribution in [0.5, 0.6) is 11.8 Å². The molecule has 0 amide bonds. The van der Waals surface area contributed by atoms with Gasteiger partial charge in [0.05, 0.1) is 29.3 Å². The van der Waals surface area contributed by atoms with Crippen LogP contribution in [-0.4, -0.2) is 91.0 Å². The molecule has 6 heterocycles. The lowest BCUT2D eigenvalue weighted by Gasteiger charge is -2.31. The van der Waals surface area contributed by atoms with Crippen molar-refractivity contribution in [1.82, 2.24) is 19.9 Å². The Hall–Kier alpha value is -3.38. The van der Waals surface area contributed by atoms with E-state index in [0.717, 1.165) is 37.6 Å². The number of anilines is 1. The molecule has 3 atom stereocenters. The highest BCUT2D eigenvalue weighted by atomic mass is 35.5. The van der Waals surface area contributed by atoms with Gasteiger partial charge in [-0.2, -0.15) is 9.97 Å². The monoisotopic (exact) mass is 651 g/mol. The van der Waals surface area contributed by atoms with Crippen molar-refractivity contribution >= 4 is 39.1 Å². The summed E-state index contributed by atoms with van der Waals surface area (Å²) >= 11 is 6.74. The molecule has 242 valence electrons. The summed E-state index contributed by atoms with van der Waals surface area (Å²) in [5, 5.41) is 2.50. The van der Waals surface area contributed by atoms with E-state index < -0.39 is 17.5 Å². The maximum atomic E-state index is 17.1. The van der Waals surface area contributed by atoms with Gasteiger partial charge in [-0.3, -0.25) is 4.90 Å². The van der Waals surface area contributed by atoms with Gasteiger partial charge in [0.2, 0.25) is 0 Å². The van der Waals surface area contributed by atoms with Gasteiger partial charge in [-0.25, -0.2) is 13.8 Å². The number of hydrogen-bond acceptors (Lipinski definition) is 9. The molecule has 0 radical (unpaired) electrons. The van der Waals surface area contributed by atoms with Gasteiger partial charge in [-0.05, 0) is 62.2 Å². The van der Waals surface area contributed by atoms with Crippen LogP contribution in [0.15, 0.2) is 30.3 Å². The fraction of sp³-hybridized carbons (Fsp3) is 0.500. The Morgan fingerprint density at radius 1 is 1.11 bits per heavy atom. The predicted octanol–water partition coefficient (Wildman–Crippen LogP) is 6.12. The molecule has 8 rings (SSSR count). The summed E-state index contributed by atoms with van der Waals surface area (Å²) in [6, 6.07) is 9.25. The zero-order valence-corrected chi connectivity index (χ0v) is 26.5. The van der Waals surface area contributed by atoms with Crippen LogP contribution in [0.1, 0.15) is 37.8 Å². The van der Waals surface area contributed by atoms with Crippen molar-refractivity contribution in [2.75, 3.05) is 58.3 Å².